The smallest absolute Gasteiger partial charge is 0.410 e. The van der Waals surface area contributed by atoms with E-state index in [0.29, 0.717) is 6.42 Å². The van der Waals surface area contributed by atoms with Crippen LogP contribution >= 0.6 is 0 Å². The van der Waals surface area contributed by atoms with Gasteiger partial charge < -0.3 is 19.6 Å². The number of fused-ring (bicyclic) bond motifs is 3. The number of carboxylic acids is 1. The Kier molecular flexibility index (Phi) is 9.68. The van der Waals surface area contributed by atoms with Gasteiger partial charge in [0.1, 0.15) is 18.7 Å². The molecule has 3 amide bonds. The number of carbonyl (C=O) groups is 4. The summed E-state index contributed by atoms with van der Waals surface area (Å²) in [6.45, 7) is 2.21. The molecule has 2 atom stereocenters. The van der Waals surface area contributed by atoms with Crippen molar-refractivity contribution < 1.29 is 29.0 Å². The van der Waals surface area contributed by atoms with Crippen LogP contribution in [0.25, 0.3) is 11.1 Å². The van der Waals surface area contributed by atoms with E-state index in [9.17, 15) is 24.3 Å². The van der Waals surface area contributed by atoms with E-state index in [-0.39, 0.29) is 25.0 Å². The van der Waals surface area contributed by atoms with Crippen LogP contribution in [0.3, 0.4) is 0 Å². The van der Waals surface area contributed by atoms with Gasteiger partial charge in [0.15, 0.2) is 0 Å². The van der Waals surface area contributed by atoms with Gasteiger partial charge in [-0.1, -0.05) is 68.3 Å². The number of nitrogens with zero attached hydrogens (tertiary/aromatic N) is 3. The lowest BCUT2D eigenvalue weighted by atomic mass is 9.94. The third kappa shape index (κ3) is 6.39. The van der Waals surface area contributed by atoms with Gasteiger partial charge in [-0.2, -0.15) is 0 Å². The lowest BCUT2D eigenvalue weighted by Crippen LogP contribution is -2.58. The highest BCUT2D eigenvalue weighted by Crippen LogP contribution is 2.44. The first-order valence-electron chi connectivity index (χ1n) is 14.5. The molecule has 0 heterocycles. The van der Waals surface area contributed by atoms with Crippen LogP contribution in [-0.2, 0) is 19.1 Å². The molecule has 0 bridgehead atoms. The predicted molar refractivity (Wildman–Crippen MR) is 155 cm³/mol. The summed E-state index contributed by atoms with van der Waals surface area (Å²) in [5.41, 5.74) is 4.45. The van der Waals surface area contributed by atoms with Gasteiger partial charge in [-0.15, -0.1) is 0 Å². The van der Waals surface area contributed by atoms with Crippen LogP contribution < -0.4 is 0 Å². The van der Waals surface area contributed by atoms with Crippen molar-refractivity contribution >= 4 is 23.9 Å². The molecule has 9 heteroatoms. The number of carbonyl (C=O) groups excluding carboxylic acids is 3. The Bertz CT molecular complexity index is 1230. The average molecular weight is 564 g/mol. The maximum Gasteiger partial charge on any atom is 0.410 e. The number of hydrogen-bond acceptors (Lipinski definition) is 5. The first-order valence-corrected chi connectivity index (χ1v) is 14.5. The molecule has 0 aromatic heterocycles. The largest absolute Gasteiger partial charge is 0.481 e. The highest BCUT2D eigenvalue weighted by molar-refractivity contribution is 5.93. The average Bonchev–Trinajstić information content (AvgIpc) is 3.59. The highest BCUT2D eigenvalue weighted by Gasteiger charge is 2.43. The van der Waals surface area contributed by atoms with Crippen molar-refractivity contribution in [1.82, 2.24) is 14.7 Å². The molecule has 0 aliphatic heterocycles. The molecule has 9 nitrogen and oxygen atoms in total. The summed E-state index contributed by atoms with van der Waals surface area (Å²) < 4.78 is 5.89. The highest BCUT2D eigenvalue weighted by atomic mass is 16.6. The SMILES string of the molecule is CCCN(C(=O)C(C1CCCC1)N(C)C(=O)OCC1c2ccccc2-c2ccccc21)C(CC(=O)O)C(=O)N(C)C. The molecule has 1 saturated carbocycles. The van der Waals surface area contributed by atoms with Gasteiger partial charge in [-0.3, -0.25) is 19.3 Å². The van der Waals surface area contributed by atoms with Gasteiger partial charge in [0, 0.05) is 33.6 Å². The number of carboxylic acid groups (broad SMARTS) is 1. The molecule has 2 unspecified atom stereocenters. The zero-order valence-electron chi connectivity index (χ0n) is 24.4. The Balaban J connectivity index is 1.58. The summed E-state index contributed by atoms with van der Waals surface area (Å²) in [5.74, 6) is -2.25. The lowest BCUT2D eigenvalue weighted by Gasteiger charge is -2.38. The van der Waals surface area contributed by atoms with E-state index in [1.165, 1.54) is 14.7 Å². The van der Waals surface area contributed by atoms with Crippen LogP contribution in [0.5, 0.6) is 0 Å². The monoisotopic (exact) mass is 563 g/mol. The van der Waals surface area contributed by atoms with Gasteiger partial charge >= 0.3 is 12.1 Å². The Labute approximate surface area is 242 Å². The summed E-state index contributed by atoms with van der Waals surface area (Å²) in [6.07, 6.45) is 2.84. The second kappa shape index (κ2) is 13.2. The van der Waals surface area contributed by atoms with Crippen LogP contribution in [0.15, 0.2) is 48.5 Å². The van der Waals surface area contributed by atoms with Crippen molar-refractivity contribution in [2.45, 2.75) is 63.5 Å². The lowest BCUT2D eigenvalue weighted by molar-refractivity contribution is -0.152. The summed E-state index contributed by atoms with van der Waals surface area (Å²) >= 11 is 0. The molecule has 220 valence electrons. The van der Waals surface area contributed by atoms with Gasteiger partial charge in [0.2, 0.25) is 11.8 Å². The Morgan fingerprint density at radius 3 is 1.98 bits per heavy atom. The van der Waals surface area contributed by atoms with Crippen molar-refractivity contribution in [3.8, 4) is 11.1 Å². The summed E-state index contributed by atoms with van der Waals surface area (Å²) in [5, 5.41) is 9.58. The van der Waals surface area contributed by atoms with Crippen molar-refractivity contribution in [3.05, 3.63) is 59.7 Å². The zero-order valence-corrected chi connectivity index (χ0v) is 24.4. The van der Waals surface area contributed by atoms with Crippen LogP contribution in [0.4, 0.5) is 4.79 Å². The molecule has 2 aliphatic rings. The molecule has 2 aromatic carbocycles. The molecule has 1 N–H and O–H groups in total. The van der Waals surface area contributed by atoms with Gasteiger partial charge in [-0.25, -0.2) is 4.79 Å². The number of ether oxygens (including phenoxy) is 1. The zero-order chi connectivity index (χ0) is 29.7. The van der Waals surface area contributed by atoms with Crippen LogP contribution in [0.1, 0.15) is 62.5 Å². The minimum atomic E-state index is -1.17. The maximum absolute atomic E-state index is 14.2. The van der Waals surface area contributed by atoms with E-state index in [1.807, 2.05) is 31.2 Å². The molecule has 0 radical (unpaired) electrons. The number of aliphatic carboxylic acids is 1. The first kappa shape index (κ1) is 30.1. The van der Waals surface area contributed by atoms with Crippen molar-refractivity contribution in [2.75, 3.05) is 34.3 Å². The van der Waals surface area contributed by atoms with Crippen LogP contribution in [0, 0.1) is 5.92 Å². The fourth-order valence-corrected chi connectivity index (χ4v) is 6.39. The molecule has 41 heavy (non-hydrogen) atoms. The van der Waals surface area contributed by atoms with Crippen molar-refractivity contribution in [1.29, 1.82) is 0 Å². The van der Waals surface area contributed by atoms with E-state index in [2.05, 4.69) is 24.3 Å². The second-order valence-corrected chi connectivity index (χ2v) is 11.3. The number of rotatable bonds is 11. The van der Waals surface area contributed by atoms with Gasteiger partial charge in [-0.05, 0) is 47.4 Å². The van der Waals surface area contributed by atoms with E-state index < -0.39 is 42.4 Å². The fraction of sp³-hybridized carbons (Fsp3) is 0.500. The van der Waals surface area contributed by atoms with Crippen molar-refractivity contribution in [2.24, 2.45) is 5.92 Å². The number of hydrogen-bond donors (Lipinski definition) is 1. The molecule has 2 aromatic rings. The van der Waals surface area contributed by atoms with E-state index in [4.69, 9.17) is 4.74 Å². The molecule has 0 saturated heterocycles. The molecular formula is C32H41N3O6. The topological polar surface area (TPSA) is 107 Å². The van der Waals surface area contributed by atoms with Crippen LogP contribution in [0.2, 0.25) is 0 Å². The molecule has 4 rings (SSSR count). The summed E-state index contributed by atoms with van der Waals surface area (Å²) in [7, 11) is 4.66. The number of likely N-dealkylation sites (N-methyl/N-ethyl adjacent to an activating group) is 2. The minimum absolute atomic E-state index is 0.104. The fourth-order valence-electron chi connectivity index (χ4n) is 6.39. The van der Waals surface area contributed by atoms with Gasteiger partial charge in [0.05, 0.1) is 6.42 Å². The van der Waals surface area contributed by atoms with E-state index in [0.717, 1.165) is 47.9 Å². The van der Waals surface area contributed by atoms with E-state index in [1.54, 1.807) is 21.1 Å². The standard InChI is InChI=1S/C32H41N3O6/c1-5-18-35(27(19-28(36)37)30(38)33(2)3)31(39)29(21-12-6-7-13-21)34(4)32(40)41-20-26-24-16-10-8-14-22(24)23-15-9-11-17-25(23)26/h8-11,14-17,21,26-27,29H,5-7,12-13,18-20H2,1-4H3,(H,36,37). The Hall–Kier alpha value is -3.88. The number of benzene rings is 2. The third-order valence-electron chi connectivity index (χ3n) is 8.36. The van der Waals surface area contributed by atoms with Crippen molar-refractivity contribution in [3.63, 3.8) is 0 Å². The van der Waals surface area contributed by atoms with Crippen LogP contribution in [-0.4, -0.2) is 90.1 Å². The summed E-state index contributed by atoms with van der Waals surface area (Å²) in [6, 6.07) is 14.2. The summed E-state index contributed by atoms with van der Waals surface area (Å²) in [4.78, 5) is 56.6. The van der Waals surface area contributed by atoms with E-state index >= 15 is 0 Å². The Morgan fingerprint density at radius 1 is 0.902 bits per heavy atom. The molecule has 2 aliphatic carbocycles. The second-order valence-electron chi connectivity index (χ2n) is 11.3. The third-order valence-corrected chi connectivity index (χ3v) is 8.36. The molecular weight excluding hydrogens is 522 g/mol. The Morgan fingerprint density at radius 2 is 1.46 bits per heavy atom. The molecule has 1 fully saturated rings. The first-order chi connectivity index (χ1) is 19.6. The molecule has 0 spiro atoms. The maximum atomic E-state index is 14.2. The quantitative estimate of drug-likeness (QED) is 0.428. The number of amides is 3. The minimum Gasteiger partial charge on any atom is -0.481 e. The predicted octanol–water partition coefficient (Wildman–Crippen LogP) is 4.60. The van der Waals surface area contributed by atoms with Gasteiger partial charge in [0.25, 0.3) is 0 Å². The normalized spacial score (nSPS) is 15.9.